The molecule has 0 radical (unpaired) electrons. The second kappa shape index (κ2) is 9.85. The van der Waals surface area contributed by atoms with Crippen molar-refractivity contribution < 1.29 is 0 Å². The molecule has 0 aromatic heterocycles. The third kappa shape index (κ3) is 4.99. The molecule has 2 nitrogen and oxygen atoms in total. The first-order valence-electron chi connectivity index (χ1n) is 7.62. The highest BCUT2D eigenvalue weighted by molar-refractivity contribution is 7.17. The molecule has 3 unspecified atom stereocenters. The molecule has 0 spiro atoms. The highest BCUT2D eigenvalue weighted by Crippen LogP contribution is 2.32. The summed E-state index contributed by atoms with van der Waals surface area (Å²) in [6, 6.07) is 21.4. The lowest BCUT2D eigenvalue weighted by Crippen LogP contribution is -2.28. The SMILES string of the molecule is PCC=NC(c1ccccc1)[C@@H](NCCP)c1ccccc1. The number of hydrogen-bond donors (Lipinski definition) is 1. The van der Waals surface area contributed by atoms with Crippen molar-refractivity contribution >= 4 is 24.7 Å². The summed E-state index contributed by atoms with van der Waals surface area (Å²) < 4.78 is 0. The molecule has 2 rings (SSSR count). The predicted molar refractivity (Wildman–Crippen MR) is 104 cm³/mol. The van der Waals surface area contributed by atoms with E-state index in [2.05, 4.69) is 78.4 Å². The topological polar surface area (TPSA) is 24.4 Å². The second-order valence-electron chi connectivity index (χ2n) is 5.05. The van der Waals surface area contributed by atoms with E-state index >= 15 is 0 Å². The fraction of sp³-hybridized carbons (Fsp3) is 0.278. The summed E-state index contributed by atoms with van der Waals surface area (Å²) >= 11 is 0. The zero-order valence-electron chi connectivity index (χ0n) is 12.7. The fourth-order valence-corrected chi connectivity index (χ4v) is 2.79. The Bertz CT molecular complexity index is 558. The van der Waals surface area contributed by atoms with Gasteiger partial charge in [-0.1, -0.05) is 60.7 Å². The lowest BCUT2D eigenvalue weighted by molar-refractivity contribution is 0.469. The smallest absolute Gasteiger partial charge is 0.0939 e. The van der Waals surface area contributed by atoms with Crippen molar-refractivity contribution in [2.45, 2.75) is 12.1 Å². The van der Waals surface area contributed by atoms with Crippen LogP contribution in [0.4, 0.5) is 0 Å². The van der Waals surface area contributed by atoms with Crippen LogP contribution in [0.15, 0.2) is 65.7 Å². The van der Waals surface area contributed by atoms with Crippen LogP contribution in [0.5, 0.6) is 0 Å². The Balaban J connectivity index is 2.36. The van der Waals surface area contributed by atoms with Crippen LogP contribution in [-0.2, 0) is 0 Å². The summed E-state index contributed by atoms with van der Waals surface area (Å²) in [7, 11) is 5.48. The lowest BCUT2D eigenvalue weighted by atomic mass is 9.93. The predicted octanol–water partition coefficient (Wildman–Crippen LogP) is 3.88. The van der Waals surface area contributed by atoms with Crippen LogP contribution < -0.4 is 5.32 Å². The zero-order chi connectivity index (χ0) is 15.6. The fourth-order valence-electron chi connectivity index (χ4n) is 2.50. The van der Waals surface area contributed by atoms with Crippen LogP contribution in [-0.4, -0.2) is 25.1 Å². The van der Waals surface area contributed by atoms with Gasteiger partial charge in [0.2, 0.25) is 0 Å². The first-order valence-corrected chi connectivity index (χ1v) is 9.25. The molecule has 0 heterocycles. The van der Waals surface area contributed by atoms with E-state index in [4.69, 9.17) is 4.99 Å². The molecule has 0 amide bonds. The molecule has 116 valence electrons. The first kappa shape index (κ1) is 17.3. The van der Waals surface area contributed by atoms with Crippen molar-refractivity contribution in [3.05, 3.63) is 71.8 Å². The number of nitrogens with zero attached hydrogens (tertiary/aromatic N) is 1. The Hall–Kier alpha value is -1.07. The molecular formula is C18H24N2P2. The van der Waals surface area contributed by atoms with Gasteiger partial charge in [-0.2, -0.15) is 0 Å². The number of rotatable bonds is 8. The molecular weight excluding hydrogens is 306 g/mol. The zero-order valence-corrected chi connectivity index (χ0v) is 15.0. The van der Waals surface area contributed by atoms with Crippen molar-refractivity contribution in [3.8, 4) is 0 Å². The van der Waals surface area contributed by atoms with Crippen LogP contribution in [0.25, 0.3) is 0 Å². The van der Waals surface area contributed by atoms with Gasteiger partial charge in [0.05, 0.1) is 12.1 Å². The molecule has 0 aliphatic rings. The van der Waals surface area contributed by atoms with Crippen LogP contribution in [0, 0.1) is 0 Å². The van der Waals surface area contributed by atoms with Crippen LogP contribution in [0.3, 0.4) is 0 Å². The maximum atomic E-state index is 4.83. The highest BCUT2D eigenvalue weighted by Gasteiger charge is 2.23. The van der Waals surface area contributed by atoms with E-state index in [-0.39, 0.29) is 12.1 Å². The summed E-state index contributed by atoms with van der Waals surface area (Å²) in [6.45, 7) is 0.948. The highest BCUT2D eigenvalue weighted by atomic mass is 31.0. The van der Waals surface area contributed by atoms with E-state index in [0.29, 0.717) is 0 Å². The average Bonchev–Trinajstić information content (AvgIpc) is 2.59. The Morgan fingerprint density at radius 3 is 2.05 bits per heavy atom. The first-order chi connectivity index (χ1) is 10.9. The minimum Gasteiger partial charge on any atom is -0.308 e. The van der Waals surface area contributed by atoms with E-state index in [1.165, 1.54) is 11.1 Å². The molecule has 0 aliphatic heterocycles. The van der Waals surface area contributed by atoms with Gasteiger partial charge in [-0.3, -0.25) is 4.99 Å². The van der Waals surface area contributed by atoms with Crippen LogP contribution in [0.1, 0.15) is 23.2 Å². The standard InChI is InChI=1S/C18H24N2P2/c21-13-11-19-17(15-7-3-1-4-8-15)18(20-12-14-22)16-9-5-2-6-10-16/h1-11,17-18,20H,12-14,21-22H2/t17?,18-/m0/s1. The van der Waals surface area contributed by atoms with Gasteiger partial charge in [-0.05, 0) is 30.0 Å². The molecule has 0 saturated heterocycles. The summed E-state index contributed by atoms with van der Waals surface area (Å²) in [5, 5.41) is 3.65. The number of nitrogens with one attached hydrogen (secondary N) is 1. The minimum atomic E-state index is 0.0840. The van der Waals surface area contributed by atoms with Crippen molar-refractivity contribution in [1.29, 1.82) is 0 Å². The van der Waals surface area contributed by atoms with E-state index in [1.54, 1.807) is 0 Å². The third-order valence-electron chi connectivity index (χ3n) is 3.50. The van der Waals surface area contributed by atoms with E-state index in [0.717, 1.165) is 18.9 Å². The molecule has 4 heteroatoms. The molecule has 1 N–H and O–H groups in total. The number of aliphatic imine (C=N–C) groups is 1. The van der Waals surface area contributed by atoms with Crippen molar-refractivity contribution in [2.24, 2.45) is 4.99 Å². The van der Waals surface area contributed by atoms with Gasteiger partial charge >= 0.3 is 0 Å². The Morgan fingerprint density at radius 2 is 1.50 bits per heavy atom. The minimum absolute atomic E-state index is 0.0840. The molecule has 0 saturated carbocycles. The molecule has 2 aromatic carbocycles. The summed E-state index contributed by atoms with van der Waals surface area (Å²) in [5.74, 6) is 0. The normalized spacial score (nSPS) is 14.1. The van der Waals surface area contributed by atoms with Gasteiger partial charge in [0, 0.05) is 6.21 Å². The Morgan fingerprint density at radius 1 is 0.909 bits per heavy atom. The van der Waals surface area contributed by atoms with Gasteiger partial charge in [0.1, 0.15) is 0 Å². The van der Waals surface area contributed by atoms with Crippen molar-refractivity contribution in [3.63, 3.8) is 0 Å². The van der Waals surface area contributed by atoms with Gasteiger partial charge in [0.25, 0.3) is 0 Å². The van der Waals surface area contributed by atoms with Crippen molar-refractivity contribution in [1.82, 2.24) is 5.32 Å². The van der Waals surface area contributed by atoms with Gasteiger partial charge in [-0.15, -0.1) is 18.5 Å². The Kier molecular flexibility index (Phi) is 7.74. The second-order valence-corrected chi connectivity index (χ2v) is 6.10. The quantitative estimate of drug-likeness (QED) is 0.576. The molecule has 0 aliphatic carbocycles. The molecule has 0 fully saturated rings. The van der Waals surface area contributed by atoms with Gasteiger partial charge in [-0.25, -0.2) is 0 Å². The number of hydrogen-bond acceptors (Lipinski definition) is 2. The summed E-state index contributed by atoms with van der Waals surface area (Å²) in [5.41, 5.74) is 2.51. The molecule has 4 atom stereocenters. The van der Waals surface area contributed by atoms with E-state index < -0.39 is 0 Å². The monoisotopic (exact) mass is 330 g/mol. The maximum absolute atomic E-state index is 4.83. The molecule has 2 aromatic rings. The van der Waals surface area contributed by atoms with E-state index in [1.807, 2.05) is 12.3 Å². The van der Waals surface area contributed by atoms with Crippen LogP contribution >= 0.6 is 18.5 Å². The third-order valence-corrected chi connectivity index (χ3v) is 4.00. The van der Waals surface area contributed by atoms with Crippen molar-refractivity contribution in [2.75, 3.05) is 18.9 Å². The molecule has 22 heavy (non-hydrogen) atoms. The maximum Gasteiger partial charge on any atom is 0.0939 e. The summed E-state index contributed by atoms with van der Waals surface area (Å²) in [6.07, 6.45) is 3.88. The largest absolute Gasteiger partial charge is 0.308 e. The Labute approximate surface area is 138 Å². The average molecular weight is 330 g/mol. The van der Waals surface area contributed by atoms with Gasteiger partial charge in [0.15, 0.2) is 0 Å². The van der Waals surface area contributed by atoms with Gasteiger partial charge < -0.3 is 5.32 Å². The summed E-state index contributed by atoms with van der Waals surface area (Å²) in [4.78, 5) is 4.83. The number of benzene rings is 2. The van der Waals surface area contributed by atoms with Crippen LogP contribution in [0.2, 0.25) is 0 Å². The lowest BCUT2D eigenvalue weighted by Gasteiger charge is -2.26. The molecule has 0 bridgehead atoms. The van der Waals surface area contributed by atoms with E-state index in [9.17, 15) is 0 Å².